The molecule has 1 heterocycles. The molecule has 0 aliphatic carbocycles. The van der Waals surface area contributed by atoms with Gasteiger partial charge in [-0.3, -0.25) is 0 Å². The number of hydrazone groups is 1. The minimum Gasteiger partial charge on any atom is -0.245 e. The number of nitrogens with zero attached hydrogens (tertiary/aromatic N) is 3. The van der Waals surface area contributed by atoms with Gasteiger partial charge in [0.15, 0.2) is 0 Å². The molecule has 0 spiro atoms. The molecule has 0 atom stereocenters. The van der Waals surface area contributed by atoms with Crippen LogP contribution in [0.3, 0.4) is 0 Å². The first-order chi connectivity index (χ1) is 8.63. The summed E-state index contributed by atoms with van der Waals surface area (Å²) in [6.45, 7) is 3.77. The molecule has 0 amide bonds. The largest absolute Gasteiger partial charge is 0.245 e. The van der Waals surface area contributed by atoms with Crippen molar-refractivity contribution < 1.29 is 4.39 Å². The maximum absolute atomic E-state index is 12.9. The van der Waals surface area contributed by atoms with Crippen molar-refractivity contribution in [3.8, 4) is 0 Å². The molecule has 5 heteroatoms. The number of halogens is 1. The average molecular weight is 244 g/mol. The summed E-state index contributed by atoms with van der Waals surface area (Å²) in [5, 5.41) is 3.97. The Labute approximate surface area is 105 Å². The Kier molecular flexibility index (Phi) is 3.62. The second kappa shape index (κ2) is 5.35. The molecular formula is C13H13FN4. The maximum atomic E-state index is 12.9. The highest BCUT2D eigenvalue weighted by Gasteiger charge is 1.97. The molecule has 18 heavy (non-hydrogen) atoms. The highest BCUT2D eigenvalue weighted by atomic mass is 19.1. The summed E-state index contributed by atoms with van der Waals surface area (Å²) < 4.78 is 12.9. The molecule has 1 N–H and O–H groups in total. The molecule has 0 bridgehead atoms. The predicted molar refractivity (Wildman–Crippen MR) is 69.1 cm³/mol. The van der Waals surface area contributed by atoms with E-state index < -0.39 is 0 Å². The molecule has 0 fully saturated rings. The molecule has 2 rings (SSSR count). The van der Waals surface area contributed by atoms with Gasteiger partial charge in [-0.1, -0.05) is 12.1 Å². The van der Waals surface area contributed by atoms with Crippen LogP contribution in [0.25, 0.3) is 0 Å². The summed E-state index contributed by atoms with van der Waals surface area (Å²) in [4.78, 5) is 8.35. The smallest absolute Gasteiger partial charge is 0.243 e. The van der Waals surface area contributed by atoms with Crippen LogP contribution in [0, 0.1) is 19.7 Å². The second-order valence-electron chi connectivity index (χ2n) is 3.90. The summed E-state index contributed by atoms with van der Waals surface area (Å²) in [7, 11) is 0. The lowest BCUT2D eigenvalue weighted by molar-refractivity contribution is 0.627. The number of rotatable bonds is 3. The number of hydrogen-bond acceptors (Lipinski definition) is 4. The Balaban J connectivity index is 2.07. The normalized spacial score (nSPS) is 10.8. The van der Waals surface area contributed by atoms with E-state index in [1.54, 1.807) is 12.1 Å². The molecule has 0 saturated heterocycles. The van der Waals surface area contributed by atoms with E-state index in [4.69, 9.17) is 0 Å². The van der Waals surface area contributed by atoms with Crippen LogP contribution in [0.1, 0.15) is 17.0 Å². The van der Waals surface area contributed by atoms with Crippen LogP contribution in [-0.4, -0.2) is 16.2 Å². The molecule has 92 valence electrons. The van der Waals surface area contributed by atoms with Crippen LogP contribution in [0.15, 0.2) is 35.4 Å². The zero-order valence-electron chi connectivity index (χ0n) is 10.2. The van der Waals surface area contributed by atoms with Crippen molar-refractivity contribution in [3.63, 3.8) is 0 Å². The Morgan fingerprint density at radius 2 is 1.89 bits per heavy atom. The lowest BCUT2D eigenvalue weighted by atomic mass is 10.2. The van der Waals surface area contributed by atoms with Crippen LogP contribution < -0.4 is 5.43 Å². The fraction of sp³-hybridized carbons (Fsp3) is 0.154. The third-order valence-electron chi connectivity index (χ3n) is 2.21. The van der Waals surface area contributed by atoms with Crippen molar-refractivity contribution in [3.05, 3.63) is 53.1 Å². The van der Waals surface area contributed by atoms with E-state index in [1.807, 2.05) is 19.9 Å². The van der Waals surface area contributed by atoms with Crippen molar-refractivity contribution >= 4 is 12.2 Å². The molecule has 0 saturated carbocycles. The van der Waals surface area contributed by atoms with Gasteiger partial charge < -0.3 is 0 Å². The quantitative estimate of drug-likeness (QED) is 0.667. The van der Waals surface area contributed by atoms with Crippen LogP contribution in [-0.2, 0) is 0 Å². The second-order valence-corrected chi connectivity index (χ2v) is 3.90. The maximum Gasteiger partial charge on any atom is 0.243 e. The van der Waals surface area contributed by atoms with Gasteiger partial charge in [0.2, 0.25) is 5.95 Å². The molecule has 0 aliphatic heterocycles. The molecule has 1 aromatic carbocycles. The summed E-state index contributed by atoms with van der Waals surface area (Å²) in [6, 6.07) is 8.05. The lowest BCUT2D eigenvalue weighted by Crippen LogP contribution is -1.99. The molecule has 4 nitrogen and oxygen atoms in total. The van der Waals surface area contributed by atoms with Crippen LogP contribution in [0.5, 0.6) is 0 Å². The number of aromatic nitrogens is 2. The Morgan fingerprint density at radius 1 is 1.17 bits per heavy atom. The average Bonchev–Trinajstić information content (AvgIpc) is 2.27. The van der Waals surface area contributed by atoms with E-state index >= 15 is 0 Å². The van der Waals surface area contributed by atoms with E-state index in [-0.39, 0.29) is 5.82 Å². The van der Waals surface area contributed by atoms with E-state index in [1.165, 1.54) is 18.3 Å². The number of nitrogens with one attached hydrogen (secondary N) is 1. The first-order valence-corrected chi connectivity index (χ1v) is 5.50. The fourth-order valence-corrected chi connectivity index (χ4v) is 1.53. The summed E-state index contributed by atoms with van der Waals surface area (Å²) in [6.07, 6.45) is 1.52. The Hall–Kier alpha value is -2.30. The van der Waals surface area contributed by atoms with Crippen molar-refractivity contribution in [2.24, 2.45) is 5.10 Å². The summed E-state index contributed by atoms with van der Waals surface area (Å²) in [5.41, 5.74) is 5.13. The summed E-state index contributed by atoms with van der Waals surface area (Å²) >= 11 is 0. The molecule has 2 aromatic rings. The molecule has 0 unspecified atom stereocenters. The standard InChI is InChI=1S/C13H13FN4/c1-9-6-10(2)17-13(16-9)18-15-8-11-4-3-5-12(14)7-11/h3-8H,1-2H3,(H,16,17,18)/b15-8-. The third-order valence-corrected chi connectivity index (χ3v) is 2.21. The topological polar surface area (TPSA) is 50.2 Å². The first kappa shape index (κ1) is 12.2. The minimum atomic E-state index is -0.290. The number of benzene rings is 1. The van der Waals surface area contributed by atoms with Gasteiger partial charge in [-0.25, -0.2) is 19.8 Å². The van der Waals surface area contributed by atoms with Crippen LogP contribution in [0.2, 0.25) is 0 Å². The number of anilines is 1. The highest BCUT2D eigenvalue weighted by Crippen LogP contribution is 2.04. The lowest BCUT2D eigenvalue weighted by Gasteiger charge is -2.01. The van der Waals surface area contributed by atoms with Gasteiger partial charge in [0.05, 0.1) is 6.21 Å². The van der Waals surface area contributed by atoms with Gasteiger partial charge in [-0.05, 0) is 37.6 Å². The van der Waals surface area contributed by atoms with Gasteiger partial charge in [-0.2, -0.15) is 5.10 Å². The number of aryl methyl sites for hydroxylation is 2. The number of hydrogen-bond donors (Lipinski definition) is 1. The molecule has 0 aliphatic rings. The van der Waals surface area contributed by atoms with Gasteiger partial charge in [0, 0.05) is 11.4 Å². The van der Waals surface area contributed by atoms with Crippen molar-refractivity contribution in [1.29, 1.82) is 0 Å². The monoisotopic (exact) mass is 244 g/mol. The van der Waals surface area contributed by atoms with Gasteiger partial charge in [0.1, 0.15) is 5.82 Å². The Bertz CT molecular complexity index is 561. The fourth-order valence-electron chi connectivity index (χ4n) is 1.53. The van der Waals surface area contributed by atoms with Crippen LogP contribution >= 0.6 is 0 Å². The molecule has 0 radical (unpaired) electrons. The van der Waals surface area contributed by atoms with Gasteiger partial charge >= 0.3 is 0 Å². The van der Waals surface area contributed by atoms with Gasteiger partial charge in [0.25, 0.3) is 0 Å². The third kappa shape index (κ3) is 3.35. The molecule has 1 aromatic heterocycles. The van der Waals surface area contributed by atoms with Crippen molar-refractivity contribution in [2.75, 3.05) is 5.43 Å². The van der Waals surface area contributed by atoms with E-state index in [0.717, 1.165) is 11.4 Å². The van der Waals surface area contributed by atoms with Crippen LogP contribution in [0.4, 0.5) is 10.3 Å². The SMILES string of the molecule is Cc1cc(C)nc(N/N=C\c2cccc(F)c2)n1. The molecular weight excluding hydrogens is 231 g/mol. The first-order valence-electron chi connectivity index (χ1n) is 5.50. The highest BCUT2D eigenvalue weighted by molar-refractivity contribution is 5.79. The van der Waals surface area contributed by atoms with Crippen molar-refractivity contribution in [1.82, 2.24) is 9.97 Å². The summed E-state index contributed by atoms with van der Waals surface area (Å²) in [5.74, 6) is 0.141. The zero-order valence-corrected chi connectivity index (χ0v) is 10.2. The predicted octanol–water partition coefficient (Wildman–Crippen LogP) is 2.68. The zero-order chi connectivity index (χ0) is 13.0. The van der Waals surface area contributed by atoms with Crippen molar-refractivity contribution in [2.45, 2.75) is 13.8 Å². The van der Waals surface area contributed by atoms with Gasteiger partial charge in [-0.15, -0.1) is 0 Å². The van der Waals surface area contributed by atoms with E-state index in [2.05, 4.69) is 20.5 Å². The van der Waals surface area contributed by atoms with E-state index in [0.29, 0.717) is 11.5 Å². The van der Waals surface area contributed by atoms with E-state index in [9.17, 15) is 4.39 Å². The Morgan fingerprint density at radius 3 is 2.56 bits per heavy atom. The minimum absolute atomic E-state index is 0.290.